The van der Waals surface area contributed by atoms with E-state index in [9.17, 15) is 9.59 Å². The molecule has 0 aliphatic heterocycles. The van der Waals surface area contributed by atoms with E-state index >= 15 is 0 Å². The standard InChI is InChI=1S/C17H15N3O3S/c18-15(21)10-23-17(22)12-4-6-14(7-5-12)24-11-13-9-20-8-2-1-3-16(20)19-13/h1-9H,10-11H2,(H2,18,21). The fourth-order valence-electron chi connectivity index (χ4n) is 2.12. The molecule has 0 fully saturated rings. The summed E-state index contributed by atoms with van der Waals surface area (Å²) in [5, 5.41) is 0. The van der Waals surface area contributed by atoms with Crippen LogP contribution in [-0.2, 0) is 15.3 Å². The molecule has 3 aromatic rings. The number of nitrogens with zero attached hydrogens (tertiary/aromatic N) is 2. The highest BCUT2D eigenvalue weighted by molar-refractivity contribution is 7.98. The lowest BCUT2D eigenvalue weighted by atomic mass is 10.2. The highest BCUT2D eigenvalue weighted by atomic mass is 32.2. The Bertz CT molecular complexity index is 841. The molecule has 0 saturated carbocycles. The molecule has 0 spiro atoms. The first-order chi connectivity index (χ1) is 11.6. The van der Waals surface area contributed by atoms with E-state index in [-0.39, 0.29) is 0 Å². The number of nitrogens with two attached hydrogens (primary N) is 1. The van der Waals surface area contributed by atoms with Gasteiger partial charge in [0.15, 0.2) is 6.61 Å². The third-order valence-corrected chi connectivity index (χ3v) is 4.28. The zero-order valence-electron chi connectivity index (χ0n) is 12.7. The summed E-state index contributed by atoms with van der Waals surface area (Å²) in [5.41, 5.74) is 7.22. The van der Waals surface area contributed by atoms with Crippen LogP contribution in [0.1, 0.15) is 16.1 Å². The third-order valence-electron chi connectivity index (χ3n) is 3.24. The van der Waals surface area contributed by atoms with E-state index in [0.29, 0.717) is 5.56 Å². The molecule has 0 bridgehead atoms. The molecule has 0 radical (unpaired) electrons. The van der Waals surface area contributed by atoms with Crippen LogP contribution < -0.4 is 5.73 Å². The summed E-state index contributed by atoms with van der Waals surface area (Å²) in [7, 11) is 0. The van der Waals surface area contributed by atoms with E-state index in [1.54, 1.807) is 23.9 Å². The molecule has 2 N–H and O–H groups in total. The SMILES string of the molecule is NC(=O)COC(=O)c1ccc(SCc2cn3ccccc3n2)cc1. The number of esters is 1. The van der Waals surface area contributed by atoms with Crippen molar-refractivity contribution in [3.05, 3.63) is 66.1 Å². The van der Waals surface area contributed by atoms with Gasteiger partial charge in [-0.05, 0) is 36.4 Å². The quantitative estimate of drug-likeness (QED) is 0.549. The van der Waals surface area contributed by atoms with Crippen LogP contribution in [0.5, 0.6) is 0 Å². The summed E-state index contributed by atoms with van der Waals surface area (Å²) < 4.78 is 6.74. The van der Waals surface area contributed by atoms with Gasteiger partial charge in [-0.3, -0.25) is 4.79 Å². The molecule has 122 valence electrons. The van der Waals surface area contributed by atoms with Crippen LogP contribution in [0.25, 0.3) is 5.65 Å². The van der Waals surface area contributed by atoms with E-state index in [1.807, 2.05) is 47.1 Å². The maximum absolute atomic E-state index is 11.7. The van der Waals surface area contributed by atoms with Crippen LogP contribution in [0.4, 0.5) is 0 Å². The molecule has 0 atom stereocenters. The maximum Gasteiger partial charge on any atom is 0.338 e. The predicted molar refractivity (Wildman–Crippen MR) is 90.7 cm³/mol. The summed E-state index contributed by atoms with van der Waals surface area (Å²) in [6.07, 6.45) is 3.96. The number of pyridine rings is 1. The second kappa shape index (κ2) is 7.18. The molecular formula is C17H15N3O3S. The van der Waals surface area contributed by atoms with Gasteiger partial charge in [0.25, 0.3) is 5.91 Å². The molecule has 0 unspecified atom stereocenters. The first kappa shape index (κ1) is 16.1. The van der Waals surface area contributed by atoms with Crippen LogP contribution in [0.3, 0.4) is 0 Å². The number of fused-ring (bicyclic) bond motifs is 1. The zero-order valence-corrected chi connectivity index (χ0v) is 13.5. The molecule has 0 aliphatic rings. The van der Waals surface area contributed by atoms with Crippen molar-refractivity contribution in [3.63, 3.8) is 0 Å². The van der Waals surface area contributed by atoms with Crippen molar-refractivity contribution >= 4 is 29.3 Å². The monoisotopic (exact) mass is 341 g/mol. The number of aromatic nitrogens is 2. The number of ether oxygens (including phenoxy) is 1. The maximum atomic E-state index is 11.7. The van der Waals surface area contributed by atoms with Gasteiger partial charge in [-0.1, -0.05) is 6.07 Å². The van der Waals surface area contributed by atoms with Gasteiger partial charge >= 0.3 is 5.97 Å². The van der Waals surface area contributed by atoms with E-state index in [2.05, 4.69) is 4.98 Å². The van der Waals surface area contributed by atoms with Crippen molar-refractivity contribution in [1.29, 1.82) is 0 Å². The van der Waals surface area contributed by atoms with Gasteiger partial charge in [0.1, 0.15) is 5.65 Å². The zero-order chi connectivity index (χ0) is 16.9. The van der Waals surface area contributed by atoms with Crippen molar-refractivity contribution in [2.45, 2.75) is 10.6 Å². The molecule has 7 heteroatoms. The fraction of sp³-hybridized carbons (Fsp3) is 0.118. The van der Waals surface area contributed by atoms with Crippen molar-refractivity contribution < 1.29 is 14.3 Å². The number of amides is 1. The fourth-order valence-corrected chi connectivity index (χ4v) is 2.90. The second-order valence-electron chi connectivity index (χ2n) is 5.05. The summed E-state index contributed by atoms with van der Waals surface area (Å²) in [4.78, 5) is 27.8. The number of hydrogen-bond acceptors (Lipinski definition) is 5. The van der Waals surface area contributed by atoms with Gasteiger partial charge in [0, 0.05) is 23.0 Å². The van der Waals surface area contributed by atoms with Gasteiger partial charge in [-0.2, -0.15) is 0 Å². The Labute approximate surface area is 142 Å². The lowest BCUT2D eigenvalue weighted by molar-refractivity contribution is -0.121. The smallest absolute Gasteiger partial charge is 0.338 e. The van der Waals surface area contributed by atoms with Crippen molar-refractivity contribution in [3.8, 4) is 0 Å². The number of hydrogen-bond donors (Lipinski definition) is 1. The van der Waals surface area contributed by atoms with Crippen LogP contribution in [0.15, 0.2) is 59.8 Å². The van der Waals surface area contributed by atoms with Gasteiger partial charge < -0.3 is 14.9 Å². The Morgan fingerprint density at radius 3 is 2.67 bits per heavy atom. The van der Waals surface area contributed by atoms with Crippen molar-refractivity contribution in [1.82, 2.24) is 9.38 Å². The normalized spacial score (nSPS) is 10.7. The van der Waals surface area contributed by atoms with Gasteiger partial charge in [-0.15, -0.1) is 11.8 Å². The Balaban J connectivity index is 1.59. The molecule has 24 heavy (non-hydrogen) atoms. The lowest BCUT2D eigenvalue weighted by Crippen LogP contribution is -2.20. The number of rotatable bonds is 6. The van der Waals surface area contributed by atoms with Crippen LogP contribution in [-0.4, -0.2) is 27.9 Å². The minimum Gasteiger partial charge on any atom is -0.452 e. The minimum atomic E-state index is -0.678. The summed E-state index contributed by atoms with van der Waals surface area (Å²) in [6.45, 7) is -0.413. The second-order valence-corrected chi connectivity index (χ2v) is 6.10. The topological polar surface area (TPSA) is 86.7 Å². The number of imidazole rings is 1. The Hall–Kier alpha value is -2.80. The number of thioether (sulfide) groups is 1. The summed E-state index contributed by atoms with van der Waals surface area (Å²) >= 11 is 1.63. The molecule has 2 heterocycles. The van der Waals surface area contributed by atoms with E-state index in [1.165, 1.54) is 0 Å². The number of benzene rings is 1. The average molecular weight is 341 g/mol. The van der Waals surface area contributed by atoms with E-state index < -0.39 is 18.5 Å². The Morgan fingerprint density at radius 1 is 1.17 bits per heavy atom. The molecule has 2 aromatic heterocycles. The van der Waals surface area contributed by atoms with Gasteiger partial charge in [0.05, 0.1) is 11.3 Å². The molecule has 0 aliphatic carbocycles. The minimum absolute atomic E-state index is 0.383. The largest absolute Gasteiger partial charge is 0.452 e. The molecule has 3 rings (SSSR count). The summed E-state index contributed by atoms with van der Waals surface area (Å²) in [6, 6.07) is 12.9. The Kier molecular flexibility index (Phi) is 4.81. The van der Waals surface area contributed by atoms with Crippen LogP contribution >= 0.6 is 11.8 Å². The Morgan fingerprint density at radius 2 is 1.96 bits per heavy atom. The van der Waals surface area contributed by atoms with Crippen molar-refractivity contribution in [2.75, 3.05) is 6.61 Å². The third kappa shape index (κ3) is 3.94. The van der Waals surface area contributed by atoms with Crippen molar-refractivity contribution in [2.24, 2.45) is 5.73 Å². The predicted octanol–water partition coefficient (Wildman–Crippen LogP) is 2.27. The van der Waals surface area contributed by atoms with Gasteiger partial charge in [-0.25, -0.2) is 9.78 Å². The number of primary amides is 1. The van der Waals surface area contributed by atoms with E-state index in [4.69, 9.17) is 10.5 Å². The molecule has 1 amide bonds. The number of carbonyl (C=O) groups excluding carboxylic acids is 2. The number of carbonyl (C=O) groups is 2. The highest BCUT2D eigenvalue weighted by Gasteiger charge is 2.09. The summed E-state index contributed by atoms with van der Waals surface area (Å²) in [5.74, 6) is -0.513. The highest BCUT2D eigenvalue weighted by Crippen LogP contribution is 2.23. The van der Waals surface area contributed by atoms with E-state index in [0.717, 1.165) is 22.0 Å². The first-order valence-electron chi connectivity index (χ1n) is 7.23. The lowest BCUT2D eigenvalue weighted by Gasteiger charge is -2.04. The molecular weight excluding hydrogens is 326 g/mol. The van der Waals surface area contributed by atoms with Crippen LogP contribution in [0, 0.1) is 0 Å². The first-order valence-corrected chi connectivity index (χ1v) is 8.21. The van der Waals surface area contributed by atoms with Crippen LogP contribution in [0.2, 0.25) is 0 Å². The molecule has 1 aromatic carbocycles. The van der Waals surface area contributed by atoms with Gasteiger partial charge in [0.2, 0.25) is 0 Å². The average Bonchev–Trinajstić information content (AvgIpc) is 3.01. The molecule has 0 saturated heterocycles. The molecule has 6 nitrogen and oxygen atoms in total.